The van der Waals surface area contributed by atoms with Crippen molar-refractivity contribution in [3.05, 3.63) is 11.6 Å². The van der Waals surface area contributed by atoms with Crippen LogP contribution < -0.4 is 10.6 Å². The van der Waals surface area contributed by atoms with Gasteiger partial charge in [-0.15, -0.1) is 35.3 Å². The predicted octanol–water partition coefficient (Wildman–Crippen LogP) is 1.99. The summed E-state index contributed by atoms with van der Waals surface area (Å²) in [6.45, 7) is 5.98. The predicted molar refractivity (Wildman–Crippen MR) is 117 cm³/mol. The highest BCUT2D eigenvalue weighted by Gasteiger charge is 2.20. The first-order valence-electron chi connectivity index (χ1n) is 9.21. The zero-order chi connectivity index (χ0) is 17.5. The number of hydrogen-bond donors (Lipinski definition) is 1. The summed E-state index contributed by atoms with van der Waals surface area (Å²) in [5, 5.41) is 3.09. The van der Waals surface area contributed by atoms with Gasteiger partial charge in [0.25, 0.3) is 0 Å². The summed E-state index contributed by atoms with van der Waals surface area (Å²) in [6, 6.07) is 0. The minimum atomic E-state index is 0. The first-order chi connectivity index (χ1) is 12.2. The Labute approximate surface area is 176 Å². The topological polar surface area (TPSA) is 78.1 Å². The number of halogens is 1. The molecule has 0 aromatic carbocycles. The first-order valence-corrected chi connectivity index (χ1v) is 10.1. The number of amides is 1. The number of hydrogen-bond acceptors (Lipinski definition) is 5. The number of piperazine rings is 1. The molecule has 2 aliphatic rings. The van der Waals surface area contributed by atoms with E-state index in [4.69, 9.17) is 5.73 Å². The molecule has 146 valence electrons. The van der Waals surface area contributed by atoms with E-state index in [0.29, 0.717) is 24.8 Å². The van der Waals surface area contributed by atoms with Crippen LogP contribution in [0.25, 0.3) is 0 Å². The molecule has 3 rings (SSSR count). The van der Waals surface area contributed by atoms with Crippen molar-refractivity contribution in [1.29, 1.82) is 0 Å². The molecule has 0 unspecified atom stereocenters. The normalized spacial score (nSPS) is 19.3. The number of rotatable bonds is 5. The number of aliphatic imine (C=N–C) groups is 1. The van der Waals surface area contributed by atoms with Crippen LogP contribution in [0, 0.1) is 0 Å². The largest absolute Gasteiger partial charge is 0.370 e. The second-order valence-corrected chi connectivity index (χ2v) is 7.45. The molecule has 2 saturated heterocycles. The van der Waals surface area contributed by atoms with Crippen LogP contribution in [-0.4, -0.2) is 72.5 Å². The van der Waals surface area contributed by atoms with Gasteiger partial charge in [0.15, 0.2) is 11.1 Å². The van der Waals surface area contributed by atoms with Crippen LogP contribution in [-0.2, 0) is 4.79 Å². The van der Waals surface area contributed by atoms with Crippen LogP contribution in [0.1, 0.15) is 32.1 Å². The molecule has 2 fully saturated rings. The number of anilines is 1. The monoisotopic (exact) mass is 492 g/mol. The number of nitrogens with zero attached hydrogens (tertiary/aromatic N) is 5. The van der Waals surface area contributed by atoms with Crippen LogP contribution in [0.15, 0.2) is 16.6 Å². The Kier molecular flexibility index (Phi) is 8.89. The molecule has 0 saturated carbocycles. The SMILES string of the molecule is I.NC(=NCCCN1CCCCCC1=O)N1CCN(c2nccs2)CC1. The van der Waals surface area contributed by atoms with Crippen molar-refractivity contribution in [2.24, 2.45) is 10.7 Å². The second-order valence-electron chi connectivity index (χ2n) is 6.57. The Hall–Kier alpha value is -1.10. The summed E-state index contributed by atoms with van der Waals surface area (Å²) in [5.74, 6) is 0.925. The fraction of sp³-hybridized carbons (Fsp3) is 0.706. The molecule has 7 nitrogen and oxygen atoms in total. The number of likely N-dealkylation sites (tertiary alicyclic amines) is 1. The third-order valence-corrected chi connectivity index (χ3v) is 5.66. The highest BCUT2D eigenvalue weighted by Crippen LogP contribution is 2.18. The maximum atomic E-state index is 12.0. The van der Waals surface area contributed by atoms with Crippen molar-refractivity contribution in [2.75, 3.05) is 50.7 Å². The lowest BCUT2D eigenvalue weighted by molar-refractivity contribution is -0.130. The molecule has 0 aliphatic carbocycles. The van der Waals surface area contributed by atoms with Gasteiger partial charge in [-0.05, 0) is 19.3 Å². The molecular formula is C17H29IN6OS. The van der Waals surface area contributed by atoms with Gasteiger partial charge in [-0.3, -0.25) is 9.79 Å². The molecule has 0 radical (unpaired) electrons. The molecular weight excluding hydrogens is 463 g/mol. The summed E-state index contributed by atoms with van der Waals surface area (Å²) in [4.78, 5) is 27.3. The zero-order valence-corrected chi connectivity index (χ0v) is 18.3. The number of carbonyl (C=O) groups is 1. The van der Waals surface area contributed by atoms with Crippen LogP contribution in [0.5, 0.6) is 0 Å². The van der Waals surface area contributed by atoms with Crippen molar-refractivity contribution in [3.8, 4) is 0 Å². The van der Waals surface area contributed by atoms with E-state index >= 15 is 0 Å². The van der Waals surface area contributed by atoms with E-state index in [1.54, 1.807) is 11.3 Å². The highest BCUT2D eigenvalue weighted by molar-refractivity contribution is 14.0. The lowest BCUT2D eigenvalue weighted by Gasteiger charge is -2.35. The number of guanidine groups is 1. The van der Waals surface area contributed by atoms with Crippen molar-refractivity contribution in [2.45, 2.75) is 32.1 Å². The Morgan fingerprint density at radius 2 is 2.00 bits per heavy atom. The highest BCUT2D eigenvalue weighted by atomic mass is 127. The summed E-state index contributed by atoms with van der Waals surface area (Å²) in [6.07, 6.45) is 6.76. The zero-order valence-electron chi connectivity index (χ0n) is 15.2. The van der Waals surface area contributed by atoms with E-state index < -0.39 is 0 Å². The number of thiazole rings is 1. The average Bonchev–Trinajstić information content (AvgIpc) is 3.10. The lowest BCUT2D eigenvalue weighted by Crippen LogP contribution is -2.51. The molecule has 1 aromatic heterocycles. The number of aromatic nitrogens is 1. The second kappa shape index (κ2) is 10.9. The Morgan fingerprint density at radius 3 is 2.73 bits per heavy atom. The molecule has 0 spiro atoms. The molecule has 1 aromatic rings. The number of carbonyl (C=O) groups excluding carboxylic acids is 1. The molecule has 1 amide bonds. The Morgan fingerprint density at radius 1 is 1.19 bits per heavy atom. The van der Waals surface area contributed by atoms with Gasteiger partial charge in [0.2, 0.25) is 5.91 Å². The lowest BCUT2D eigenvalue weighted by atomic mass is 10.2. The molecule has 0 atom stereocenters. The van der Waals surface area contributed by atoms with E-state index in [1.807, 2.05) is 16.5 Å². The van der Waals surface area contributed by atoms with E-state index in [2.05, 4.69) is 19.8 Å². The van der Waals surface area contributed by atoms with Gasteiger partial charge >= 0.3 is 0 Å². The van der Waals surface area contributed by atoms with Gasteiger partial charge in [0, 0.05) is 63.8 Å². The number of nitrogens with two attached hydrogens (primary N) is 1. The van der Waals surface area contributed by atoms with E-state index in [1.165, 1.54) is 6.42 Å². The van der Waals surface area contributed by atoms with Crippen molar-refractivity contribution >= 4 is 52.3 Å². The molecule has 9 heteroatoms. The van der Waals surface area contributed by atoms with Crippen LogP contribution in [0.2, 0.25) is 0 Å². The summed E-state index contributed by atoms with van der Waals surface area (Å²) >= 11 is 1.67. The van der Waals surface area contributed by atoms with Gasteiger partial charge in [-0.1, -0.05) is 6.42 Å². The van der Waals surface area contributed by atoms with Gasteiger partial charge in [0.1, 0.15) is 0 Å². The quantitative estimate of drug-likeness (QED) is 0.295. The summed E-state index contributed by atoms with van der Waals surface area (Å²) in [5.41, 5.74) is 6.15. The van der Waals surface area contributed by atoms with E-state index in [0.717, 1.165) is 63.7 Å². The molecule has 2 N–H and O–H groups in total. The Balaban J connectivity index is 0.00000243. The van der Waals surface area contributed by atoms with Crippen LogP contribution >= 0.6 is 35.3 Å². The third-order valence-electron chi connectivity index (χ3n) is 4.82. The van der Waals surface area contributed by atoms with Gasteiger partial charge in [-0.25, -0.2) is 4.98 Å². The fourth-order valence-electron chi connectivity index (χ4n) is 3.33. The van der Waals surface area contributed by atoms with E-state index in [9.17, 15) is 4.79 Å². The fourth-order valence-corrected chi connectivity index (χ4v) is 4.03. The standard InChI is InChI=1S/C17H28N6OS.HI/c18-16(19-6-4-9-21-8-3-1-2-5-15(21)24)22-10-12-23(13-11-22)17-20-7-14-25-17;/h7,14H,1-6,8-13H2,(H2,18,19);1H. The third kappa shape index (κ3) is 5.97. The molecule has 26 heavy (non-hydrogen) atoms. The summed E-state index contributed by atoms with van der Waals surface area (Å²) in [7, 11) is 0. The minimum absolute atomic E-state index is 0. The minimum Gasteiger partial charge on any atom is -0.370 e. The molecule has 0 bridgehead atoms. The average molecular weight is 492 g/mol. The van der Waals surface area contributed by atoms with Crippen molar-refractivity contribution in [1.82, 2.24) is 14.8 Å². The first kappa shape index (κ1) is 21.2. The van der Waals surface area contributed by atoms with Crippen LogP contribution in [0.3, 0.4) is 0 Å². The van der Waals surface area contributed by atoms with Crippen LogP contribution in [0.4, 0.5) is 5.13 Å². The maximum Gasteiger partial charge on any atom is 0.222 e. The van der Waals surface area contributed by atoms with Gasteiger partial charge < -0.3 is 20.4 Å². The van der Waals surface area contributed by atoms with Crippen molar-refractivity contribution < 1.29 is 4.79 Å². The smallest absolute Gasteiger partial charge is 0.222 e. The van der Waals surface area contributed by atoms with E-state index in [-0.39, 0.29) is 24.0 Å². The van der Waals surface area contributed by atoms with Gasteiger partial charge in [0.05, 0.1) is 0 Å². The maximum absolute atomic E-state index is 12.0. The summed E-state index contributed by atoms with van der Waals surface area (Å²) < 4.78 is 0. The molecule has 3 heterocycles. The molecule has 2 aliphatic heterocycles. The Bertz CT molecular complexity index is 574. The van der Waals surface area contributed by atoms with Gasteiger partial charge in [-0.2, -0.15) is 0 Å². The van der Waals surface area contributed by atoms with Crippen molar-refractivity contribution in [3.63, 3.8) is 0 Å².